The number of aromatic hydroxyl groups is 2. The lowest BCUT2D eigenvalue weighted by atomic mass is 9.70. The Balaban J connectivity index is 2.35. The maximum atomic E-state index is 10.9. The second-order valence-corrected chi connectivity index (χ2v) is 9.72. The van der Waals surface area contributed by atoms with E-state index < -0.39 is 6.10 Å². The molecule has 0 saturated heterocycles. The van der Waals surface area contributed by atoms with Gasteiger partial charge in [0.05, 0.1) is 6.10 Å². The van der Waals surface area contributed by atoms with Gasteiger partial charge in [-0.3, -0.25) is 0 Å². The molecule has 28 heavy (non-hydrogen) atoms. The van der Waals surface area contributed by atoms with Gasteiger partial charge in [-0.1, -0.05) is 66.4 Å². The average molecular weight is 389 g/mol. The number of rotatable bonds is 8. The lowest BCUT2D eigenvalue weighted by molar-refractivity contribution is 0.139. The van der Waals surface area contributed by atoms with Crippen LogP contribution in [0.2, 0.25) is 0 Å². The van der Waals surface area contributed by atoms with Crippen molar-refractivity contribution in [3.63, 3.8) is 0 Å². The van der Waals surface area contributed by atoms with E-state index in [0.717, 1.165) is 24.0 Å². The molecular formula is C25H40O3. The first-order valence-corrected chi connectivity index (χ1v) is 11.0. The number of aliphatic hydroxyl groups excluding tert-OH is 1. The molecule has 2 unspecified atom stereocenters. The predicted molar refractivity (Wildman–Crippen MR) is 117 cm³/mol. The third-order valence-electron chi connectivity index (χ3n) is 6.69. The van der Waals surface area contributed by atoms with Crippen molar-refractivity contribution in [1.29, 1.82) is 0 Å². The topological polar surface area (TPSA) is 60.7 Å². The number of aliphatic hydroxyl groups is 1. The Morgan fingerprint density at radius 3 is 2.21 bits per heavy atom. The maximum Gasteiger partial charge on any atom is 0.123 e. The first kappa shape index (κ1) is 22.8. The van der Waals surface area contributed by atoms with Crippen LogP contribution in [0.15, 0.2) is 23.8 Å². The molecule has 3 atom stereocenters. The Hall–Kier alpha value is -1.48. The summed E-state index contributed by atoms with van der Waals surface area (Å²) in [6.45, 7) is 12.8. The second-order valence-electron chi connectivity index (χ2n) is 9.72. The lowest BCUT2D eigenvalue weighted by Crippen LogP contribution is -2.29. The van der Waals surface area contributed by atoms with Crippen LogP contribution in [0.4, 0.5) is 0 Å². The Labute approximate surface area is 171 Å². The van der Waals surface area contributed by atoms with Crippen LogP contribution in [-0.2, 0) is 5.41 Å². The number of allylic oxidation sites excluding steroid dienone is 1. The van der Waals surface area contributed by atoms with Crippen LogP contribution in [0, 0.1) is 11.8 Å². The zero-order chi connectivity index (χ0) is 21.1. The van der Waals surface area contributed by atoms with Gasteiger partial charge in [0.1, 0.15) is 11.5 Å². The molecule has 0 aliphatic heterocycles. The summed E-state index contributed by atoms with van der Waals surface area (Å²) in [5, 5.41) is 32.1. The zero-order valence-electron chi connectivity index (χ0n) is 18.6. The normalized spacial score (nSPS) is 23.1. The molecule has 3 N–H and O–H groups in total. The van der Waals surface area contributed by atoms with Crippen LogP contribution in [-0.4, -0.2) is 21.4 Å². The molecule has 3 heteroatoms. The van der Waals surface area contributed by atoms with Crippen molar-refractivity contribution < 1.29 is 15.3 Å². The SMILES string of the molecule is CCCCCCC(C)(C)c1cc(O)c([C@@H]2C=C(C)C(O)CC2C(C)C)c(O)c1. The highest BCUT2D eigenvalue weighted by Crippen LogP contribution is 2.48. The van der Waals surface area contributed by atoms with Gasteiger partial charge in [-0.05, 0) is 60.3 Å². The van der Waals surface area contributed by atoms with Gasteiger partial charge in [-0.15, -0.1) is 0 Å². The number of unbranched alkanes of at least 4 members (excludes halogenated alkanes) is 3. The minimum Gasteiger partial charge on any atom is -0.507 e. The molecule has 1 aliphatic carbocycles. The quantitative estimate of drug-likeness (QED) is 0.356. The van der Waals surface area contributed by atoms with Gasteiger partial charge in [0.2, 0.25) is 0 Å². The van der Waals surface area contributed by atoms with Crippen molar-refractivity contribution in [2.45, 2.75) is 97.5 Å². The van der Waals surface area contributed by atoms with Crippen molar-refractivity contribution >= 4 is 0 Å². The number of hydrogen-bond acceptors (Lipinski definition) is 3. The molecule has 158 valence electrons. The van der Waals surface area contributed by atoms with Crippen LogP contribution in [0.1, 0.15) is 97.1 Å². The number of phenolic OH excluding ortho intramolecular Hbond substituents is 2. The Bertz CT molecular complexity index is 664. The van der Waals surface area contributed by atoms with Crippen LogP contribution < -0.4 is 0 Å². The predicted octanol–water partition coefficient (Wildman–Crippen LogP) is 6.41. The van der Waals surface area contributed by atoms with Crippen LogP contribution in [0.3, 0.4) is 0 Å². The minimum atomic E-state index is -0.436. The van der Waals surface area contributed by atoms with Gasteiger partial charge in [-0.2, -0.15) is 0 Å². The molecule has 2 rings (SSSR count). The highest BCUT2D eigenvalue weighted by atomic mass is 16.3. The summed E-state index contributed by atoms with van der Waals surface area (Å²) < 4.78 is 0. The Morgan fingerprint density at radius 2 is 1.68 bits per heavy atom. The zero-order valence-corrected chi connectivity index (χ0v) is 18.6. The van der Waals surface area contributed by atoms with Crippen LogP contribution in [0.25, 0.3) is 0 Å². The van der Waals surface area contributed by atoms with E-state index in [1.807, 2.05) is 25.1 Å². The lowest BCUT2D eigenvalue weighted by Gasteiger charge is -2.36. The molecule has 0 saturated carbocycles. The van der Waals surface area contributed by atoms with Gasteiger partial charge < -0.3 is 15.3 Å². The Kier molecular flexibility index (Phi) is 7.61. The molecule has 0 radical (unpaired) electrons. The minimum absolute atomic E-state index is 0.0786. The first-order chi connectivity index (χ1) is 13.1. The number of hydrogen-bond donors (Lipinski definition) is 3. The van der Waals surface area contributed by atoms with Crippen molar-refractivity contribution in [1.82, 2.24) is 0 Å². The van der Waals surface area contributed by atoms with Gasteiger partial charge >= 0.3 is 0 Å². The summed E-state index contributed by atoms with van der Waals surface area (Å²) in [4.78, 5) is 0. The molecular weight excluding hydrogens is 348 g/mol. The molecule has 0 amide bonds. The third kappa shape index (κ3) is 5.11. The fraction of sp³-hybridized carbons (Fsp3) is 0.680. The fourth-order valence-electron chi connectivity index (χ4n) is 4.59. The fourth-order valence-corrected chi connectivity index (χ4v) is 4.59. The molecule has 0 aromatic heterocycles. The molecule has 1 aromatic carbocycles. The van der Waals surface area contributed by atoms with Crippen molar-refractivity contribution in [2.24, 2.45) is 11.8 Å². The van der Waals surface area contributed by atoms with Gasteiger partial charge in [0.15, 0.2) is 0 Å². The van der Waals surface area contributed by atoms with E-state index in [9.17, 15) is 15.3 Å². The highest BCUT2D eigenvalue weighted by molar-refractivity contribution is 5.52. The summed E-state index contributed by atoms with van der Waals surface area (Å²) in [5.74, 6) is 0.798. The monoisotopic (exact) mass is 388 g/mol. The molecule has 0 heterocycles. The number of phenols is 2. The molecule has 0 fully saturated rings. The van der Waals surface area contributed by atoms with E-state index in [4.69, 9.17) is 0 Å². The maximum absolute atomic E-state index is 10.9. The van der Waals surface area contributed by atoms with Crippen molar-refractivity contribution in [3.05, 3.63) is 34.9 Å². The summed E-state index contributed by atoms with van der Waals surface area (Å²) in [5.41, 5.74) is 2.42. The van der Waals surface area contributed by atoms with E-state index in [-0.39, 0.29) is 28.7 Å². The van der Waals surface area contributed by atoms with E-state index in [0.29, 0.717) is 17.9 Å². The van der Waals surface area contributed by atoms with Crippen LogP contribution in [0.5, 0.6) is 11.5 Å². The van der Waals surface area contributed by atoms with Gasteiger partial charge in [0.25, 0.3) is 0 Å². The standard InChI is InChI=1S/C25H40O3/c1-7-8-9-10-11-25(5,6)18-13-22(27)24(23(28)14-18)20-12-17(4)21(26)15-19(20)16(2)3/h12-14,16,19-21,26-28H,7-11,15H2,1-6H3/t19?,20-,21?/m1/s1. The summed E-state index contributed by atoms with van der Waals surface area (Å²) in [6, 6.07) is 3.70. The van der Waals surface area contributed by atoms with E-state index in [1.165, 1.54) is 19.3 Å². The van der Waals surface area contributed by atoms with Crippen LogP contribution >= 0.6 is 0 Å². The van der Waals surface area contributed by atoms with Crippen molar-refractivity contribution in [3.8, 4) is 11.5 Å². The van der Waals surface area contributed by atoms with E-state index in [1.54, 1.807) is 0 Å². The second kappa shape index (κ2) is 9.35. The van der Waals surface area contributed by atoms with E-state index >= 15 is 0 Å². The molecule has 0 bridgehead atoms. The summed E-state index contributed by atoms with van der Waals surface area (Å²) >= 11 is 0. The third-order valence-corrected chi connectivity index (χ3v) is 6.69. The summed E-state index contributed by atoms with van der Waals surface area (Å²) in [7, 11) is 0. The molecule has 0 spiro atoms. The first-order valence-electron chi connectivity index (χ1n) is 11.0. The largest absolute Gasteiger partial charge is 0.507 e. The molecule has 1 aliphatic rings. The van der Waals surface area contributed by atoms with Crippen molar-refractivity contribution in [2.75, 3.05) is 0 Å². The summed E-state index contributed by atoms with van der Waals surface area (Å²) in [6.07, 6.45) is 8.14. The highest BCUT2D eigenvalue weighted by Gasteiger charge is 2.35. The average Bonchev–Trinajstić information content (AvgIpc) is 2.60. The molecule has 3 nitrogen and oxygen atoms in total. The van der Waals surface area contributed by atoms with E-state index in [2.05, 4.69) is 34.6 Å². The molecule has 1 aromatic rings. The van der Waals surface area contributed by atoms with Gasteiger partial charge in [0, 0.05) is 11.5 Å². The number of benzene rings is 1. The van der Waals surface area contributed by atoms with Gasteiger partial charge in [-0.25, -0.2) is 0 Å². The smallest absolute Gasteiger partial charge is 0.123 e. The Morgan fingerprint density at radius 1 is 1.07 bits per heavy atom.